The minimum absolute atomic E-state index is 0.0207. The summed E-state index contributed by atoms with van der Waals surface area (Å²) in [5.41, 5.74) is 0.657. The SMILES string of the molecule is CN(C)c1cc(C(=O)N2CCC(O)CC2)ccn1. The van der Waals surface area contributed by atoms with Crippen molar-refractivity contribution in [2.45, 2.75) is 18.9 Å². The highest BCUT2D eigenvalue weighted by Gasteiger charge is 2.22. The highest BCUT2D eigenvalue weighted by Crippen LogP contribution is 2.16. The molecule has 1 aromatic heterocycles. The molecule has 5 nitrogen and oxygen atoms in total. The van der Waals surface area contributed by atoms with Crippen LogP contribution >= 0.6 is 0 Å². The molecule has 18 heavy (non-hydrogen) atoms. The number of aliphatic hydroxyl groups excluding tert-OH is 1. The average Bonchev–Trinajstić information content (AvgIpc) is 2.39. The van der Waals surface area contributed by atoms with Crippen LogP contribution in [0, 0.1) is 0 Å². The van der Waals surface area contributed by atoms with Crippen LogP contribution in [0.25, 0.3) is 0 Å². The Bertz CT molecular complexity index is 426. The Hall–Kier alpha value is -1.62. The van der Waals surface area contributed by atoms with Crippen LogP contribution in [0.3, 0.4) is 0 Å². The molecule has 1 fully saturated rings. The molecule has 1 N–H and O–H groups in total. The topological polar surface area (TPSA) is 56.7 Å². The molecule has 2 heterocycles. The monoisotopic (exact) mass is 249 g/mol. The van der Waals surface area contributed by atoms with Gasteiger partial charge in [-0.3, -0.25) is 4.79 Å². The molecule has 1 aliphatic rings. The zero-order valence-corrected chi connectivity index (χ0v) is 10.8. The summed E-state index contributed by atoms with van der Waals surface area (Å²) in [4.78, 5) is 20.1. The lowest BCUT2D eigenvalue weighted by molar-refractivity contribution is 0.0546. The second-order valence-electron chi connectivity index (χ2n) is 4.82. The normalized spacial score (nSPS) is 16.7. The predicted molar refractivity (Wildman–Crippen MR) is 69.7 cm³/mol. The van der Waals surface area contributed by atoms with Gasteiger partial charge in [-0.25, -0.2) is 4.98 Å². The first-order valence-electron chi connectivity index (χ1n) is 6.18. The summed E-state index contributed by atoms with van der Waals surface area (Å²) >= 11 is 0. The van der Waals surface area contributed by atoms with Crippen molar-refractivity contribution in [1.82, 2.24) is 9.88 Å². The van der Waals surface area contributed by atoms with Gasteiger partial charge in [0.05, 0.1) is 6.10 Å². The van der Waals surface area contributed by atoms with E-state index in [4.69, 9.17) is 0 Å². The maximum atomic E-state index is 12.3. The van der Waals surface area contributed by atoms with Crippen molar-refractivity contribution in [2.24, 2.45) is 0 Å². The van der Waals surface area contributed by atoms with Crippen LogP contribution in [-0.2, 0) is 0 Å². The van der Waals surface area contributed by atoms with E-state index >= 15 is 0 Å². The lowest BCUT2D eigenvalue weighted by Crippen LogP contribution is -2.40. The molecule has 0 atom stereocenters. The highest BCUT2D eigenvalue weighted by molar-refractivity contribution is 5.94. The third kappa shape index (κ3) is 2.79. The van der Waals surface area contributed by atoms with E-state index in [1.54, 1.807) is 23.2 Å². The van der Waals surface area contributed by atoms with Gasteiger partial charge in [0.15, 0.2) is 0 Å². The Morgan fingerprint density at radius 2 is 2.11 bits per heavy atom. The average molecular weight is 249 g/mol. The second kappa shape index (κ2) is 5.35. The Morgan fingerprint density at radius 3 is 2.72 bits per heavy atom. The van der Waals surface area contributed by atoms with Crippen molar-refractivity contribution in [3.05, 3.63) is 23.9 Å². The number of nitrogens with zero attached hydrogens (tertiary/aromatic N) is 3. The first-order chi connectivity index (χ1) is 8.58. The van der Waals surface area contributed by atoms with Gasteiger partial charge >= 0.3 is 0 Å². The number of hydrogen-bond acceptors (Lipinski definition) is 4. The van der Waals surface area contributed by atoms with E-state index in [1.807, 2.05) is 19.0 Å². The fourth-order valence-electron chi connectivity index (χ4n) is 2.05. The molecule has 0 spiro atoms. The van der Waals surface area contributed by atoms with Gasteiger partial charge in [-0.05, 0) is 25.0 Å². The van der Waals surface area contributed by atoms with Crippen LogP contribution in [0.5, 0.6) is 0 Å². The number of hydrogen-bond donors (Lipinski definition) is 1. The zero-order chi connectivity index (χ0) is 13.1. The molecule has 0 radical (unpaired) electrons. The number of likely N-dealkylation sites (tertiary alicyclic amines) is 1. The summed E-state index contributed by atoms with van der Waals surface area (Å²) in [5, 5.41) is 9.44. The van der Waals surface area contributed by atoms with E-state index in [2.05, 4.69) is 4.98 Å². The number of pyridine rings is 1. The standard InChI is InChI=1S/C13H19N3O2/c1-15(2)12-9-10(3-6-14-12)13(18)16-7-4-11(17)5-8-16/h3,6,9,11,17H,4-5,7-8H2,1-2H3. The van der Waals surface area contributed by atoms with Gasteiger partial charge in [-0.1, -0.05) is 0 Å². The molecule has 0 aromatic carbocycles. The van der Waals surface area contributed by atoms with E-state index < -0.39 is 0 Å². The second-order valence-corrected chi connectivity index (χ2v) is 4.82. The van der Waals surface area contributed by atoms with Gasteiger partial charge < -0.3 is 14.9 Å². The molecule has 98 valence electrons. The number of amides is 1. The highest BCUT2D eigenvalue weighted by atomic mass is 16.3. The van der Waals surface area contributed by atoms with Gasteiger partial charge in [-0.2, -0.15) is 0 Å². The summed E-state index contributed by atoms with van der Waals surface area (Å²) < 4.78 is 0. The molecular weight excluding hydrogens is 230 g/mol. The number of carbonyl (C=O) groups is 1. The lowest BCUT2D eigenvalue weighted by Gasteiger charge is -2.29. The fourth-order valence-corrected chi connectivity index (χ4v) is 2.05. The number of piperidine rings is 1. The Kier molecular flexibility index (Phi) is 3.81. The maximum absolute atomic E-state index is 12.3. The van der Waals surface area contributed by atoms with Crippen molar-refractivity contribution < 1.29 is 9.90 Å². The first kappa shape index (κ1) is 12.8. The lowest BCUT2D eigenvalue weighted by atomic mass is 10.1. The van der Waals surface area contributed by atoms with Gasteiger partial charge in [-0.15, -0.1) is 0 Å². The quantitative estimate of drug-likeness (QED) is 0.840. The molecule has 1 saturated heterocycles. The number of aliphatic hydroxyl groups is 1. The largest absolute Gasteiger partial charge is 0.393 e. The molecule has 5 heteroatoms. The molecule has 2 rings (SSSR count). The predicted octanol–water partition coefficient (Wildman–Crippen LogP) is 0.744. The van der Waals surface area contributed by atoms with Crippen LogP contribution in [0.2, 0.25) is 0 Å². The van der Waals surface area contributed by atoms with Crippen LogP contribution in [-0.4, -0.2) is 54.2 Å². The Balaban J connectivity index is 2.11. The summed E-state index contributed by atoms with van der Waals surface area (Å²) in [6.07, 6.45) is 2.72. The number of rotatable bonds is 2. The maximum Gasteiger partial charge on any atom is 0.254 e. The van der Waals surface area contributed by atoms with Gasteiger partial charge in [0.25, 0.3) is 5.91 Å². The van der Waals surface area contributed by atoms with Crippen molar-refractivity contribution in [1.29, 1.82) is 0 Å². The number of aromatic nitrogens is 1. The van der Waals surface area contributed by atoms with E-state index in [-0.39, 0.29) is 12.0 Å². The Labute approximate surface area is 107 Å². The van der Waals surface area contributed by atoms with Crippen molar-refractivity contribution in [3.8, 4) is 0 Å². The van der Waals surface area contributed by atoms with Crippen molar-refractivity contribution in [2.75, 3.05) is 32.1 Å². The smallest absolute Gasteiger partial charge is 0.254 e. The molecule has 0 bridgehead atoms. The molecule has 0 saturated carbocycles. The fraction of sp³-hybridized carbons (Fsp3) is 0.538. The van der Waals surface area contributed by atoms with E-state index in [0.29, 0.717) is 31.5 Å². The summed E-state index contributed by atoms with van der Waals surface area (Å²) in [6.45, 7) is 1.25. The molecule has 1 amide bonds. The van der Waals surface area contributed by atoms with Crippen LogP contribution < -0.4 is 4.90 Å². The molecular formula is C13H19N3O2. The van der Waals surface area contributed by atoms with Crippen LogP contribution in [0.4, 0.5) is 5.82 Å². The summed E-state index contributed by atoms with van der Waals surface area (Å²) in [6, 6.07) is 3.54. The summed E-state index contributed by atoms with van der Waals surface area (Å²) in [5.74, 6) is 0.797. The van der Waals surface area contributed by atoms with E-state index in [9.17, 15) is 9.90 Å². The summed E-state index contributed by atoms with van der Waals surface area (Å²) in [7, 11) is 3.79. The minimum atomic E-state index is -0.260. The van der Waals surface area contributed by atoms with Crippen molar-refractivity contribution >= 4 is 11.7 Å². The number of anilines is 1. The third-order valence-corrected chi connectivity index (χ3v) is 3.20. The molecule has 1 aromatic rings. The van der Waals surface area contributed by atoms with Gasteiger partial charge in [0.1, 0.15) is 5.82 Å². The van der Waals surface area contributed by atoms with E-state index in [1.165, 1.54) is 0 Å². The van der Waals surface area contributed by atoms with Crippen LogP contribution in [0.1, 0.15) is 23.2 Å². The molecule has 0 unspecified atom stereocenters. The first-order valence-corrected chi connectivity index (χ1v) is 6.18. The number of carbonyl (C=O) groups excluding carboxylic acids is 1. The van der Waals surface area contributed by atoms with Crippen LogP contribution in [0.15, 0.2) is 18.3 Å². The van der Waals surface area contributed by atoms with Crippen molar-refractivity contribution in [3.63, 3.8) is 0 Å². The molecule has 0 aliphatic carbocycles. The molecule has 1 aliphatic heterocycles. The minimum Gasteiger partial charge on any atom is -0.393 e. The zero-order valence-electron chi connectivity index (χ0n) is 10.8. The van der Waals surface area contributed by atoms with Gasteiger partial charge in [0.2, 0.25) is 0 Å². The third-order valence-electron chi connectivity index (χ3n) is 3.20. The van der Waals surface area contributed by atoms with E-state index in [0.717, 1.165) is 5.82 Å². The Morgan fingerprint density at radius 1 is 1.44 bits per heavy atom. The van der Waals surface area contributed by atoms with Gasteiger partial charge in [0, 0.05) is 38.9 Å².